The Kier molecular flexibility index (Phi) is 3.80. The smallest absolute Gasteiger partial charge is 0.0954 e. The summed E-state index contributed by atoms with van der Waals surface area (Å²) >= 11 is 3.44. The molecule has 3 N–H and O–H groups in total. The van der Waals surface area contributed by atoms with E-state index in [4.69, 9.17) is 5.73 Å². The van der Waals surface area contributed by atoms with Crippen LogP contribution in [0.2, 0.25) is 0 Å². The number of nitrogen functional groups attached to an aromatic ring is 1. The first kappa shape index (κ1) is 13.9. The number of hydrogen-bond acceptors (Lipinski definition) is 3. The number of rotatable bonds is 3. The van der Waals surface area contributed by atoms with Crippen molar-refractivity contribution in [1.29, 1.82) is 0 Å². The predicted molar refractivity (Wildman–Crippen MR) is 92.4 cm³/mol. The minimum Gasteiger partial charge on any atom is -0.398 e. The summed E-state index contributed by atoms with van der Waals surface area (Å²) in [6.45, 7) is 2.86. The first-order valence-corrected chi connectivity index (χ1v) is 7.56. The number of anilines is 2. The van der Waals surface area contributed by atoms with Crippen LogP contribution in [-0.4, -0.2) is 4.98 Å². The molecule has 0 spiro atoms. The number of benzene rings is 2. The van der Waals surface area contributed by atoms with Crippen LogP contribution >= 0.6 is 15.9 Å². The summed E-state index contributed by atoms with van der Waals surface area (Å²) in [4.78, 5) is 4.48. The number of halogens is 1. The largest absolute Gasteiger partial charge is 0.398 e. The molecule has 0 aliphatic heterocycles. The van der Waals surface area contributed by atoms with Crippen LogP contribution in [0.5, 0.6) is 0 Å². The summed E-state index contributed by atoms with van der Waals surface area (Å²) in [6, 6.07) is 14.4. The maximum atomic E-state index is 6.03. The highest BCUT2D eigenvalue weighted by molar-refractivity contribution is 9.10. The fourth-order valence-electron chi connectivity index (χ4n) is 2.38. The number of pyridine rings is 1. The maximum absolute atomic E-state index is 6.03. The second-order valence-corrected chi connectivity index (χ2v) is 6.01. The summed E-state index contributed by atoms with van der Waals surface area (Å²) in [7, 11) is 0. The zero-order valence-corrected chi connectivity index (χ0v) is 13.3. The third-order valence-corrected chi connectivity index (χ3v) is 3.85. The Morgan fingerprint density at radius 1 is 1.19 bits per heavy atom. The molecule has 21 heavy (non-hydrogen) atoms. The highest BCUT2D eigenvalue weighted by Gasteiger charge is 2.06. The third-order valence-electron chi connectivity index (χ3n) is 3.42. The summed E-state index contributed by atoms with van der Waals surface area (Å²) in [5.41, 5.74) is 11.2. The topological polar surface area (TPSA) is 50.9 Å². The first-order chi connectivity index (χ1) is 10.1. The Balaban J connectivity index is 1.92. The molecule has 0 radical (unpaired) electrons. The van der Waals surface area contributed by atoms with Crippen molar-refractivity contribution in [2.75, 3.05) is 11.1 Å². The number of aryl methyl sites for hydroxylation is 1. The number of nitrogens with one attached hydrogen (secondary N) is 1. The van der Waals surface area contributed by atoms with Gasteiger partial charge in [0.2, 0.25) is 0 Å². The van der Waals surface area contributed by atoms with E-state index in [1.54, 1.807) is 6.20 Å². The number of nitrogens with two attached hydrogens (primary N) is 1. The molecule has 3 aromatic rings. The van der Waals surface area contributed by atoms with Gasteiger partial charge in [0.25, 0.3) is 0 Å². The molecule has 0 aliphatic carbocycles. The minimum atomic E-state index is 0.736. The molecule has 4 heteroatoms. The van der Waals surface area contributed by atoms with E-state index in [2.05, 4.69) is 57.4 Å². The highest BCUT2D eigenvalue weighted by atomic mass is 79.9. The van der Waals surface area contributed by atoms with Gasteiger partial charge in [-0.05, 0) is 46.6 Å². The van der Waals surface area contributed by atoms with Gasteiger partial charge in [0, 0.05) is 28.3 Å². The van der Waals surface area contributed by atoms with Crippen LogP contribution in [0.4, 0.5) is 11.4 Å². The molecule has 0 saturated carbocycles. The average Bonchev–Trinajstić information content (AvgIpc) is 2.47. The zero-order chi connectivity index (χ0) is 14.8. The Hall–Kier alpha value is -2.07. The van der Waals surface area contributed by atoms with E-state index in [1.165, 1.54) is 11.1 Å². The number of nitrogens with zero attached hydrogens (tertiary/aromatic N) is 1. The van der Waals surface area contributed by atoms with Crippen LogP contribution in [0.15, 0.2) is 53.1 Å². The van der Waals surface area contributed by atoms with Crippen LogP contribution in [0.1, 0.15) is 11.1 Å². The Morgan fingerprint density at radius 2 is 2.05 bits per heavy atom. The van der Waals surface area contributed by atoms with Crippen molar-refractivity contribution in [2.24, 2.45) is 0 Å². The molecule has 106 valence electrons. The Morgan fingerprint density at radius 3 is 2.86 bits per heavy atom. The second-order valence-electron chi connectivity index (χ2n) is 5.09. The van der Waals surface area contributed by atoms with Crippen LogP contribution in [0, 0.1) is 6.92 Å². The van der Waals surface area contributed by atoms with Gasteiger partial charge in [0.1, 0.15) is 0 Å². The fourth-order valence-corrected chi connectivity index (χ4v) is 2.71. The van der Waals surface area contributed by atoms with Gasteiger partial charge in [-0.25, -0.2) is 0 Å². The van der Waals surface area contributed by atoms with Crippen LogP contribution in [0.3, 0.4) is 0 Å². The van der Waals surface area contributed by atoms with Crippen LogP contribution < -0.4 is 11.1 Å². The second kappa shape index (κ2) is 5.74. The van der Waals surface area contributed by atoms with Crippen molar-refractivity contribution in [3.05, 3.63) is 64.3 Å². The molecule has 1 aromatic heterocycles. The molecule has 0 fully saturated rings. The standard InChI is InChI=1S/C17H16BrN3/c1-11-3-2-4-12(7-11)9-20-16-6-5-15(19)14-8-13(18)10-21-17(14)16/h2-8,10,20H,9,19H2,1H3. The maximum Gasteiger partial charge on any atom is 0.0954 e. The normalized spacial score (nSPS) is 10.8. The monoisotopic (exact) mass is 341 g/mol. The molecule has 3 rings (SSSR count). The zero-order valence-electron chi connectivity index (χ0n) is 11.7. The minimum absolute atomic E-state index is 0.736. The van der Waals surface area contributed by atoms with Gasteiger partial charge >= 0.3 is 0 Å². The molecule has 0 unspecified atom stereocenters. The quantitative estimate of drug-likeness (QED) is 0.689. The van der Waals surface area contributed by atoms with Crippen molar-refractivity contribution in [3.8, 4) is 0 Å². The van der Waals surface area contributed by atoms with Gasteiger partial charge < -0.3 is 11.1 Å². The van der Waals surface area contributed by atoms with Crippen LogP contribution in [-0.2, 0) is 6.54 Å². The summed E-state index contributed by atoms with van der Waals surface area (Å²) in [5.74, 6) is 0. The van der Waals surface area contributed by atoms with Crippen molar-refractivity contribution < 1.29 is 0 Å². The van der Waals surface area contributed by atoms with E-state index >= 15 is 0 Å². The summed E-state index contributed by atoms with van der Waals surface area (Å²) in [6.07, 6.45) is 1.79. The Bertz CT molecular complexity index is 799. The lowest BCUT2D eigenvalue weighted by atomic mass is 10.1. The van der Waals surface area contributed by atoms with E-state index in [-0.39, 0.29) is 0 Å². The van der Waals surface area contributed by atoms with E-state index < -0.39 is 0 Å². The van der Waals surface area contributed by atoms with Gasteiger partial charge in [0.15, 0.2) is 0 Å². The van der Waals surface area contributed by atoms with E-state index in [9.17, 15) is 0 Å². The predicted octanol–water partition coefficient (Wildman–Crippen LogP) is 4.50. The molecular formula is C17H16BrN3. The molecule has 0 bridgehead atoms. The van der Waals surface area contributed by atoms with Crippen molar-refractivity contribution >= 4 is 38.2 Å². The van der Waals surface area contributed by atoms with Gasteiger partial charge in [0.05, 0.1) is 11.2 Å². The lowest BCUT2D eigenvalue weighted by Gasteiger charge is -2.11. The summed E-state index contributed by atoms with van der Waals surface area (Å²) in [5, 5.41) is 4.40. The molecule has 0 aliphatic rings. The van der Waals surface area contributed by atoms with Crippen LogP contribution in [0.25, 0.3) is 10.9 Å². The van der Waals surface area contributed by atoms with E-state index in [0.29, 0.717) is 0 Å². The average molecular weight is 342 g/mol. The van der Waals surface area contributed by atoms with Crippen molar-refractivity contribution in [2.45, 2.75) is 13.5 Å². The van der Waals surface area contributed by atoms with Gasteiger partial charge in [-0.3, -0.25) is 4.98 Å². The van der Waals surface area contributed by atoms with Gasteiger partial charge in [-0.1, -0.05) is 29.8 Å². The molecule has 0 atom stereocenters. The third kappa shape index (κ3) is 3.00. The SMILES string of the molecule is Cc1cccc(CNc2ccc(N)c3cc(Br)cnc23)c1. The Labute approximate surface area is 132 Å². The van der Waals surface area contributed by atoms with Gasteiger partial charge in [-0.2, -0.15) is 0 Å². The number of fused-ring (bicyclic) bond motifs is 1. The van der Waals surface area contributed by atoms with E-state index in [1.807, 2.05) is 18.2 Å². The van der Waals surface area contributed by atoms with Gasteiger partial charge in [-0.15, -0.1) is 0 Å². The fraction of sp³-hybridized carbons (Fsp3) is 0.118. The molecule has 0 amide bonds. The summed E-state index contributed by atoms with van der Waals surface area (Å²) < 4.78 is 0.928. The number of hydrogen-bond donors (Lipinski definition) is 2. The molecule has 3 nitrogen and oxygen atoms in total. The molecule has 2 aromatic carbocycles. The molecule has 1 heterocycles. The molecular weight excluding hydrogens is 326 g/mol. The van der Waals surface area contributed by atoms with E-state index in [0.717, 1.165) is 33.3 Å². The lowest BCUT2D eigenvalue weighted by molar-refractivity contribution is 1.14. The number of aromatic nitrogens is 1. The highest BCUT2D eigenvalue weighted by Crippen LogP contribution is 2.29. The lowest BCUT2D eigenvalue weighted by Crippen LogP contribution is -2.02. The molecule has 0 saturated heterocycles. The first-order valence-electron chi connectivity index (χ1n) is 6.76. The van der Waals surface area contributed by atoms with Crippen molar-refractivity contribution in [3.63, 3.8) is 0 Å². The van der Waals surface area contributed by atoms with Crippen molar-refractivity contribution in [1.82, 2.24) is 4.98 Å².